The lowest BCUT2D eigenvalue weighted by atomic mass is 10.2. The molecule has 1 rings (SSSR count). The van der Waals surface area contributed by atoms with Gasteiger partial charge in [0.25, 0.3) is 0 Å². The zero-order chi connectivity index (χ0) is 13.7. The van der Waals surface area contributed by atoms with Crippen LogP contribution in [-0.2, 0) is 9.59 Å². The van der Waals surface area contributed by atoms with Crippen molar-refractivity contribution in [1.82, 2.24) is 0 Å². The summed E-state index contributed by atoms with van der Waals surface area (Å²) in [5.74, 6) is -3.83. The number of rotatable bonds is 5. The third kappa shape index (κ3) is 3.69. The lowest BCUT2D eigenvalue weighted by Gasteiger charge is -2.08. The summed E-state index contributed by atoms with van der Waals surface area (Å²) in [6.07, 6.45) is -0.0177. The molecule has 18 heavy (non-hydrogen) atoms. The highest BCUT2D eigenvalue weighted by Gasteiger charge is 2.12. The average Bonchev–Trinajstić information content (AvgIpc) is 2.29. The molecule has 5 nitrogen and oxygen atoms in total. The second-order valence-electron chi connectivity index (χ2n) is 3.62. The molecule has 0 heterocycles. The standard InChI is InChI=1S/C11H12F2N2O3/c12-6-4-5-7(11(14)10(6)13)15-8(16)2-1-3-9(17)18/h4-5H,1-3,14H2,(H,15,16)(H,17,18). The van der Waals surface area contributed by atoms with Gasteiger partial charge in [0.15, 0.2) is 11.6 Å². The van der Waals surface area contributed by atoms with Crippen molar-refractivity contribution < 1.29 is 23.5 Å². The number of amides is 1. The van der Waals surface area contributed by atoms with Crippen LogP contribution in [-0.4, -0.2) is 17.0 Å². The topological polar surface area (TPSA) is 92.4 Å². The molecule has 0 atom stereocenters. The van der Waals surface area contributed by atoms with E-state index in [0.29, 0.717) is 0 Å². The highest BCUT2D eigenvalue weighted by molar-refractivity contribution is 5.94. The van der Waals surface area contributed by atoms with Crippen LogP contribution in [0.2, 0.25) is 0 Å². The number of hydrogen-bond acceptors (Lipinski definition) is 3. The third-order valence-electron chi connectivity index (χ3n) is 2.20. The van der Waals surface area contributed by atoms with Crippen LogP contribution in [0.5, 0.6) is 0 Å². The fourth-order valence-corrected chi connectivity index (χ4v) is 1.29. The van der Waals surface area contributed by atoms with Crippen molar-refractivity contribution in [2.45, 2.75) is 19.3 Å². The maximum Gasteiger partial charge on any atom is 0.303 e. The molecule has 1 aromatic rings. The minimum Gasteiger partial charge on any atom is -0.481 e. The maximum atomic E-state index is 13.1. The van der Waals surface area contributed by atoms with Gasteiger partial charge in [0.1, 0.15) is 0 Å². The van der Waals surface area contributed by atoms with Gasteiger partial charge in [0, 0.05) is 12.8 Å². The third-order valence-corrected chi connectivity index (χ3v) is 2.20. The zero-order valence-electron chi connectivity index (χ0n) is 9.37. The molecule has 0 bridgehead atoms. The lowest BCUT2D eigenvalue weighted by Crippen LogP contribution is -2.14. The predicted octanol–water partition coefficient (Wildman–Crippen LogP) is 1.74. The summed E-state index contributed by atoms with van der Waals surface area (Å²) in [6.45, 7) is 0. The van der Waals surface area contributed by atoms with Crippen LogP contribution in [0.25, 0.3) is 0 Å². The number of carbonyl (C=O) groups excluding carboxylic acids is 1. The highest BCUT2D eigenvalue weighted by atomic mass is 19.2. The lowest BCUT2D eigenvalue weighted by molar-refractivity contribution is -0.137. The largest absolute Gasteiger partial charge is 0.481 e. The van der Waals surface area contributed by atoms with Crippen LogP contribution in [0.15, 0.2) is 12.1 Å². The molecule has 0 aliphatic carbocycles. The van der Waals surface area contributed by atoms with E-state index >= 15 is 0 Å². The van der Waals surface area contributed by atoms with Gasteiger partial charge in [-0.1, -0.05) is 0 Å². The molecule has 7 heteroatoms. The smallest absolute Gasteiger partial charge is 0.303 e. The van der Waals surface area contributed by atoms with Crippen LogP contribution < -0.4 is 11.1 Å². The van der Waals surface area contributed by atoms with Crippen LogP contribution in [0, 0.1) is 11.6 Å². The Kier molecular flexibility index (Phi) is 4.59. The molecule has 0 aliphatic rings. The number of anilines is 2. The van der Waals surface area contributed by atoms with Gasteiger partial charge in [-0.15, -0.1) is 0 Å². The molecule has 0 aliphatic heterocycles. The van der Waals surface area contributed by atoms with E-state index in [0.717, 1.165) is 12.1 Å². The number of nitrogens with one attached hydrogen (secondary N) is 1. The normalized spacial score (nSPS) is 10.1. The minimum absolute atomic E-state index is 0.0331. The number of aliphatic carboxylic acids is 1. The molecule has 98 valence electrons. The summed E-state index contributed by atoms with van der Waals surface area (Å²) >= 11 is 0. The van der Waals surface area contributed by atoms with Crippen LogP contribution >= 0.6 is 0 Å². The average molecular weight is 258 g/mol. The molecule has 1 aromatic carbocycles. The van der Waals surface area contributed by atoms with E-state index in [9.17, 15) is 18.4 Å². The van der Waals surface area contributed by atoms with E-state index in [4.69, 9.17) is 10.8 Å². The molecule has 0 saturated heterocycles. The Balaban J connectivity index is 2.60. The molecule has 0 spiro atoms. The molecule has 0 radical (unpaired) electrons. The van der Waals surface area contributed by atoms with E-state index in [2.05, 4.69) is 5.32 Å². The van der Waals surface area contributed by atoms with E-state index in [1.54, 1.807) is 0 Å². The summed E-state index contributed by atoms with van der Waals surface area (Å²) in [7, 11) is 0. The van der Waals surface area contributed by atoms with Crippen molar-refractivity contribution in [1.29, 1.82) is 0 Å². The summed E-state index contributed by atoms with van der Waals surface area (Å²) in [6, 6.07) is 1.99. The molecule has 4 N–H and O–H groups in total. The summed E-state index contributed by atoms with van der Waals surface area (Å²) in [5, 5.41) is 10.7. The number of carbonyl (C=O) groups is 2. The molecular weight excluding hydrogens is 246 g/mol. The van der Waals surface area contributed by atoms with Crippen molar-refractivity contribution in [2.24, 2.45) is 0 Å². The molecular formula is C11H12F2N2O3. The predicted molar refractivity (Wildman–Crippen MR) is 60.9 cm³/mol. The van der Waals surface area contributed by atoms with Crippen LogP contribution in [0.4, 0.5) is 20.2 Å². The highest BCUT2D eigenvalue weighted by Crippen LogP contribution is 2.24. The van der Waals surface area contributed by atoms with Gasteiger partial charge < -0.3 is 16.2 Å². The Hall–Kier alpha value is -2.18. The van der Waals surface area contributed by atoms with Crippen molar-refractivity contribution in [3.63, 3.8) is 0 Å². The summed E-state index contributed by atoms with van der Waals surface area (Å²) in [5.41, 5.74) is 4.77. The van der Waals surface area contributed by atoms with Gasteiger partial charge >= 0.3 is 5.97 Å². The fourth-order valence-electron chi connectivity index (χ4n) is 1.29. The Morgan fingerprint density at radius 3 is 2.56 bits per heavy atom. The molecule has 0 saturated carbocycles. The van der Waals surface area contributed by atoms with Gasteiger partial charge in [-0.2, -0.15) is 0 Å². The number of nitrogen functional groups attached to an aromatic ring is 1. The van der Waals surface area contributed by atoms with E-state index in [1.807, 2.05) is 0 Å². The first-order chi connectivity index (χ1) is 8.41. The van der Waals surface area contributed by atoms with E-state index in [-0.39, 0.29) is 24.9 Å². The minimum atomic E-state index is -1.22. The van der Waals surface area contributed by atoms with E-state index < -0.39 is 29.2 Å². The molecule has 0 unspecified atom stereocenters. The van der Waals surface area contributed by atoms with Gasteiger partial charge in [-0.25, -0.2) is 8.78 Å². The first-order valence-corrected chi connectivity index (χ1v) is 5.17. The van der Waals surface area contributed by atoms with Crippen molar-refractivity contribution >= 4 is 23.3 Å². The molecule has 1 amide bonds. The number of nitrogens with two attached hydrogens (primary N) is 1. The quantitative estimate of drug-likeness (QED) is 0.701. The van der Waals surface area contributed by atoms with Gasteiger partial charge in [0.05, 0.1) is 11.4 Å². The summed E-state index contributed by atoms with van der Waals surface area (Å²) in [4.78, 5) is 21.6. The Morgan fingerprint density at radius 2 is 1.94 bits per heavy atom. The number of halogens is 2. The molecule has 0 aromatic heterocycles. The summed E-state index contributed by atoms with van der Waals surface area (Å²) < 4.78 is 25.8. The van der Waals surface area contributed by atoms with Gasteiger partial charge in [0.2, 0.25) is 5.91 Å². The molecule has 0 fully saturated rings. The Morgan fingerprint density at radius 1 is 1.28 bits per heavy atom. The Bertz CT molecular complexity index is 478. The monoisotopic (exact) mass is 258 g/mol. The van der Waals surface area contributed by atoms with Gasteiger partial charge in [-0.05, 0) is 18.6 Å². The SMILES string of the molecule is Nc1c(NC(=O)CCCC(=O)O)ccc(F)c1F. The maximum absolute atomic E-state index is 13.1. The first kappa shape index (κ1) is 13.9. The second-order valence-corrected chi connectivity index (χ2v) is 3.62. The second kappa shape index (κ2) is 5.95. The van der Waals surface area contributed by atoms with Crippen molar-refractivity contribution in [3.8, 4) is 0 Å². The Labute approximate surface area is 102 Å². The van der Waals surface area contributed by atoms with Gasteiger partial charge in [-0.3, -0.25) is 9.59 Å². The number of carboxylic acids is 1. The number of carboxylic acid groups (broad SMARTS) is 1. The zero-order valence-corrected chi connectivity index (χ0v) is 9.37. The first-order valence-electron chi connectivity index (χ1n) is 5.17. The van der Waals surface area contributed by atoms with Crippen molar-refractivity contribution in [3.05, 3.63) is 23.8 Å². The fraction of sp³-hybridized carbons (Fsp3) is 0.273. The van der Waals surface area contributed by atoms with Crippen LogP contribution in [0.1, 0.15) is 19.3 Å². The van der Waals surface area contributed by atoms with Crippen molar-refractivity contribution in [2.75, 3.05) is 11.1 Å². The van der Waals surface area contributed by atoms with Crippen LogP contribution in [0.3, 0.4) is 0 Å². The number of benzene rings is 1. The van der Waals surface area contributed by atoms with E-state index in [1.165, 1.54) is 0 Å². The number of hydrogen-bond donors (Lipinski definition) is 3.